The Morgan fingerprint density at radius 3 is 2.43 bits per heavy atom. The summed E-state index contributed by atoms with van der Waals surface area (Å²) in [5, 5.41) is 8.56. The van der Waals surface area contributed by atoms with E-state index in [1.165, 1.54) is 4.88 Å². The smallest absolute Gasteiger partial charge is 0.408 e. The first-order valence-corrected chi connectivity index (χ1v) is 8.42. The van der Waals surface area contributed by atoms with Crippen molar-refractivity contribution in [3.05, 3.63) is 22.4 Å². The molecule has 0 atom stereocenters. The van der Waals surface area contributed by atoms with Gasteiger partial charge in [-0.25, -0.2) is 4.79 Å². The third kappa shape index (κ3) is 6.48. The van der Waals surface area contributed by atoms with Crippen molar-refractivity contribution >= 4 is 17.4 Å². The zero-order valence-corrected chi connectivity index (χ0v) is 14.6. The summed E-state index contributed by atoms with van der Waals surface area (Å²) in [6.07, 6.45) is 1.38. The van der Waals surface area contributed by atoms with E-state index in [1.807, 2.05) is 26.8 Å². The highest BCUT2D eigenvalue weighted by Crippen LogP contribution is 2.17. The van der Waals surface area contributed by atoms with E-state index in [-0.39, 0.29) is 11.6 Å². The Hall–Kier alpha value is -1.07. The summed E-state index contributed by atoms with van der Waals surface area (Å²) in [6.45, 7) is 11.4. The van der Waals surface area contributed by atoms with Gasteiger partial charge in [0.2, 0.25) is 0 Å². The predicted octanol–water partition coefficient (Wildman–Crippen LogP) is 3.92. The molecule has 0 aliphatic heterocycles. The molecule has 1 aromatic heterocycles. The SMILES string of the molecule is CCC(CC)(CNCc1cccs1)NC(=O)OC(C)(C)C. The van der Waals surface area contributed by atoms with Crippen molar-refractivity contribution in [3.63, 3.8) is 0 Å². The van der Waals surface area contributed by atoms with E-state index in [0.29, 0.717) is 0 Å². The van der Waals surface area contributed by atoms with Gasteiger partial charge in [0.25, 0.3) is 0 Å². The summed E-state index contributed by atoms with van der Waals surface area (Å²) in [4.78, 5) is 13.3. The summed E-state index contributed by atoms with van der Waals surface area (Å²) >= 11 is 1.74. The number of alkyl carbamates (subject to hydrolysis) is 1. The standard InChI is InChI=1S/C16H28N2O2S/c1-6-16(7-2,18-14(19)20-15(3,4)5)12-17-11-13-9-8-10-21-13/h8-10,17H,6-7,11-12H2,1-5H3,(H,18,19). The summed E-state index contributed by atoms with van der Waals surface area (Å²) in [5.41, 5.74) is -0.735. The molecular formula is C16H28N2O2S. The number of rotatable bonds is 7. The highest BCUT2D eigenvalue weighted by atomic mass is 32.1. The topological polar surface area (TPSA) is 50.4 Å². The number of hydrogen-bond acceptors (Lipinski definition) is 4. The number of ether oxygens (including phenoxy) is 1. The van der Waals surface area contributed by atoms with Crippen LogP contribution in [0.4, 0.5) is 4.79 Å². The molecule has 5 heteroatoms. The van der Waals surface area contributed by atoms with Crippen molar-refractivity contribution in [1.29, 1.82) is 0 Å². The van der Waals surface area contributed by atoms with Gasteiger partial charge in [-0.05, 0) is 45.1 Å². The predicted molar refractivity (Wildman–Crippen MR) is 88.7 cm³/mol. The fraction of sp³-hybridized carbons (Fsp3) is 0.688. The molecule has 0 radical (unpaired) electrons. The molecule has 1 amide bonds. The molecule has 0 unspecified atom stereocenters. The van der Waals surface area contributed by atoms with Crippen molar-refractivity contribution in [3.8, 4) is 0 Å². The van der Waals surface area contributed by atoms with Crippen molar-refractivity contribution in [2.75, 3.05) is 6.54 Å². The van der Waals surface area contributed by atoms with Crippen LogP contribution < -0.4 is 10.6 Å². The van der Waals surface area contributed by atoms with Crippen LogP contribution in [0.3, 0.4) is 0 Å². The Morgan fingerprint density at radius 1 is 1.29 bits per heavy atom. The lowest BCUT2D eigenvalue weighted by atomic mass is 9.93. The van der Waals surface area contributed by atoms with Gasteiger partial charge in [-0.3, -0.25) is 0 Å². The lowest BCUT2D eigenvalue weighted by Gasteiger charge is -2.34. The molecule has 0 saturated carbocycles. The van der Waals surface area contributed by atoms with E-state index in [4.69, 9.17) is 4.74 Å². The Kier molecular flexibility index (Phi) is 6.68. The van der Waals surface area contributed by atoms with Crippen LogP contribution in [-0.4, -0.2) is 23.8 Å². The maximum Gasteiger partial charge on any atom is 0.408 e. The van der Waals surface area contributed by atoms with Gasteiger partial charge >= 0.3 is 6.09 Å². The number of carbonyl (C=O) groups excluding carboxylic acids is 1. The van der Waals surface area contributed by atoms with Gasteiger partial charge in [0.15, 0.2) is 0 Å². The van der Waals surface area contributed by atoms with Crippen LogP contribution in [0.1, 0.15) is 52.3 Å². The first-order chi connectivity index (χ1) is 9.80. The van der Waals surface area contributed by atoms with Gasteiger partial charge in [0.05, 0.1) is 5.54 Å². The third-order valence-corrected chi connectivity index (χ3v) is 4.34. The van der Waals surface area contributed by atoms with Crippen LogP contribution >= 0.6 is 11.3 Å². The van der Waals surface area contributed by atoms with Crippen LogP contribution in [0.2, 0.25) is 0 Å². The monoisotopic (exact) mass is 312 g/mol. The fourth-order valence-corrected chi connectivity index (χ4v) is 2.75. The van der Waals surface area contributed by atoms with Crippen molar-refractivity contribution in [2.24, 2.45) is 0 Å². The Balaban J connectivity index is 2.54. The molecule has 0 saturated heterocycles. The van der Waals surface area contributed by atoms with Gasteiger partial charge in [-0.1, -0.05) is 19.9 Å². The number of thiophene rings is 1. The Morgan fingerprint density at radius 2 is 1.95 bits per heavy atom. The van der Waals surface area contributed by atoms with Crippen LogP contribution in [0.25, 0.3) is 0 Å². The largest absolute Gasteiger partial charge is 0.444 e. The minimum atomic E-state index is -0.471. The number of amides is 1. The van der Waals surface area contributed by atoms with Crippen molar-refractivity contribution in [2.45, 2.75) is 65.1 Å². The van der Waals surface area contributed by atoms with Crippen LogP contribution in [0.5, 0.6) is 0 Å². The van der Waals surface area contributed by atoms with Gasteiger partial charge < -0.3 is 15.4 Å². The van der Waals surface area contributed by atoms with Crippen molar-refractivity contribution in [1.82, 2.24) is 10.6 Å². The van der Waals surface area contributed by atoms with Gasteiger partial charge in [-0.2, -0.15) is 0 Å². The molecule has 0 bridgehead atoms. The zero-order valence-electron chi connectivity index (χ0n) is 13.8. The first kappa shape index (κ1) is 18.0. The van der Waals surface area contributed by atoms with Gasteiger partial charge in [-0.15, -0.1) is 11.3 Å². The van der Waals surface area contributed by atoms with E-state index in [1.54, 1.807) is 11.3 Å². The number of hydrogen-bond donors (Lipinski definition) is 2. The normalized spacial score (nSPS) is 12.2. The molecule has 1 heterocycles. The minimum absolute atomic E-state index is 0.264. The van der Waals surface area contributed by atoms with E-state index < -0.39 is 5.60 Å². The molecule has 120 valence electrons. The van der Waals surface area contributed by atoms with Crippen LogP contribution in [-0.2, 0) is 11.3 Å². The second-order valence-electron chi connectivity index (χ2n) is 6.30. The number of carbonyl (C=O) groups is 1. The molecule has 0 aromatic carbocycles. The Bertz CT molecular complexity index is 420. The second kappa shape index (κ2) is 7.80. The minimum Gasteiger partial charge on any atom is -0.444 e. The molecule has 0 aliphatic rings. The Labute approximate surface area is 132 Å². The molecule has 1 aromatic rings. The van der Waals surface area contributed by atoms with E-state index >= 15 is 0 Å². The quantitative estimate of drug-likeness (QED) is 0.802. The first-order valence-electron chi connectivity index (χ1n) is 7.54. The molecule has 0 spiro atoms. The zero-order chi connectivity index (χ0) is 15.9. The molecule has 0 aliphatic carbocycles. The lowest BCUT2D eigenvalue weighted by Crippen LogP contribution is -2.55. The van der Waals surface area contributed by atoms with Crippen LogP contribution in [0, 0.1) is 0 Å². The second-order valence-corrected chi connectivity index (χ2v) is 7.33. The van der Waals surface area contributed by atoms with Crippen molar-refractivity contribution < 1.29 is 9.53 Å². The summed E-state index contributed by atoms with van der Waals surface area (Å²) in [6, 6.07) is 4.16. The highest BCUT2D eigenvalue weighted by Gasteiger charge is 2.30. The third-order valence-electron chi connectivity index (χ3n) is 3.46. The van der Waals surface area contributed by atoms with Gasteiger partial charge in [0, 0.05) is 18.0 Å². The maximum atomic E-state index is 12.0. The summed E-state index contributed by atoms with van der Waals surface area (Å²) in [5.74, 6) is 0. The highest BCUT2D eigenvalue weighted by molar-refractivity contribution is 7.09. The lowest BCUT2D eigenvalue weighted by molar-refractivity contribution is 0.0446. The molecule has 0 fully saturated rings. The molecule has 1 rings (SSSR count). The molecule has 2 N–H and O–H groups in total. The average molecular weight is 312 g/mol. The van der Waals surface area contributed by atoms with E-state index in [2.05, 4.69) is 35.9 Å². The molecular weight excluding hydrogens is 284 g/mol. The summed E-state index contributed by atoms with van der Waals surface area (Å²) in [7, 11) is 0. The summed E-state index contributed by atoms with van der Waals surface area (Å²) < 4.78 is 5.37. The van der Waals surface area contributed by atoms with E-state index in [0.717, 1.165) is 25.9 Å². The maximum absolute atomic E-state index is 12.0. The average Bonchev–Trinajstić information content (AvgIpc) is 2.88. The van der Waals surface area contributed by atoms with Crippen LogP contribution in [0.15, 0.2) is 17.5 Å². The van der Waals surface area contributed by atoms with Gasteiger partial charge in [0.1, 0.15) is 5.60 Å². The fourth-order valence-electron chi connectivity index (χ4n) is 2.08. The number of nitrogens with one attached hydrogen (secondary N) is 2. The van der Waals surface area contributed by atoms with E-state index in [9.17, 15) is 4.79 Å². The molecule has 4 nitrogen and oxygen atoms in total. The molecule has 21 heavy (non-hydrogen) atoms.